The predicted molar refractivity (Wildman–Crippen MR) is 201 cm³/mol. The summed E-state index contributed by atoms with van der Waals surface area (Å²) in [4.78, 5) is 46.0. The lowest BCUT2D eigenvalue weighted by molar-refractivity contribution is -0.131. The second kappa shape index (κ2) is 14.2. The van der Waals surface area contributed by atoms with Gasteiger partial charge >= 0.3 is 0 Å². The minimum Gasteiger partial charge on any atom is -0.374 e. The van der Waals surface area contributed by atoms with Crippen molar-refractivity contribution in [3.05, 3.63) is 110 Å². The number of amides is 3. The Balaban J connectivity index is 0.936. The van der Waals surface area contributed by atoms with E-state index in [-0.39, 0.29) is 23.8 Å². The number of rotatable bonds is 7. The second-order valence-corrected chi connectivity index (χ2v) is 14.9. The van der Waals surface area contributed by atoms with Crippen LogP contribution in [0.3, 0.4) is 0 Å². The van der Waals surface area contributed by atoms with Crippen LogP contribution in [0.5, 0.6) is 0 Å². The standard InChI is InChI=1S/C39H35ClN8O4S/c1-22-30(53-39-33(22)35(26-11-13-27(40)14-12-26)41-20-31-45-44-23(2)47(31)39)16-10-24-19-42-46(21-24)18-5-3-4-7-25-8-6-9-28-34(25)38(52)48(37(28)51)29-15-17-32(49)43-36(29)50/h4,6-9,11-13,19,21,27,29,32,49H,3,5,14-15,17-18,20H2,1-2H3,(H,43,50)/b7-4+. The van der Waals surface area contributed by atoms with Crippen molar-refractivity contribution in [3.63, 3.8) is 0 Å². The predicted octanol–water partition coefficient (Wildman–Crippen LogP) is 5.02. The molecule has 3 amide bonds. The minimum absolute atomic E-state index is 0.0207. The summed E-state index contributed by atoms with van der Waals surface area (Å²) < 4.78 is 3.95. The molecule has 53 heavy (non-hydrogen) atoms. The molecule has 0 spiro atoms. The number of thiophene rings is 1. The molecule has 2 N–H and O–H groups in total. The maximum Gasteiger partial charge on any atom is 0.262 e. The monoisotopic (exact) mass is 746 g/mol. The molecule has 3 aliphatic heterocycles. The number of aliphatic hydroxyl groups excluding tert-OH is 1. The largest absolute Gasteiger partial charge is 0.374 e. The van der Waals surface area contributed by atoms with E-state index in [9.17, 15) is 19.5 Å². The number of carbonyl (C=O) groups excluding carboxylic acids is 3. The molecule has 1 fully saturated rings. The van der Waals surface area contributed by atoms with Crippen molar-refractivity contribution >= 4 is 52.4 Å². The van der Waals surface area contributed by atoms with Crippen LogP contribution < -0.4 is 5.32 Å². The van der Waals surface area contributed by atoms with Crippen molar-refractivity contribution in [2.45, 2.75) is 76.7 Å². The summed E-state index contributed by atoms with van der Waals surface area (Å²) in [5.41, 5.74) is 6.08. The molecule has 268 valence electrons. The normalized spacial score (nSPS) is 20.7. The number of hydrogen-bond donors (Lipinski definition) is 2. The third kappa shape index (κ3) is 6.47. The molecule has 14 heteroatoms. The number of aryl methyl sites for hydroxylation is 2. The van der Waals surface area contributed by atoms with Gasteiger partial charge in [0.1, 0.15) is 29.6 Å². The van der Waals surface area contributed by atoms with Crippen LogP contribution in [0.4, 0.5) is 0 Å². The minimum atomic E-state index is -0.970. The quantitative estimate of drug-likeness (QED) is 0.117. The van der Waals surface area contributed by atoms with Gasteiger partial charge in [0.05, 0.1) is 38.9 Å². The maximum absolute atomic E-state index is 13.4. The Labute approximate surface area is 314 Å². The van der Waals surface area contributed by atoms with Gasteiger partial charge in [-0.1, -0.05) is 54.4 Å². The Morgan fingerprint density at radius 3 is 2.79 bits per heavy atom. The van der Waals surface area contributed by atoms with E-state index in [2.05, 4.69) is 50.0 Å². The third-order valence-corrected chi connectivity index (χ3v) is 11.3. The van der Waals surface area contributed by atoms with Crippen LogP contribution in [0.25, 0.3) is 11.1 Å². The molecule has 8 rings (SSSR count). The summed E-state index contributed by atoms with van der Waals surface area (Å²) >= 11 is 7.94. The number of aliphatic imine (C=N–C) groups is 1. The number of halogens is 1. The maximum atomic E-state index is 13.4. The van der Waals surface area contributed by atoms with Gasteiger partial charge in [-0.05, 0) is 68.7 Å². The first kappa shape index (κ1) is 34.7. The van der Waals surface area contributed by atoms with Crippen molar-refractivity contribution < 1.29 is 19.5 Å². The van der Waals surface area contributed by atoms with E-state index in [0.717, 1.165) is 67.2 Å². The lowest BCUT2D eigenvalue weighted by Gasteiger charge is -2.31. The molecule has 3 unspecified atom stereocenters. The fourth-order valence-corrected chi connectivity index (χ4v) is 8.49. The highest BCUT2D eigenvalue weighted by Crippen LogP contribution is 2.37. The van der Waals surface area contributed by atoms with E-state index in [1.165, 1.54) is 0 Å². The first-order chi connectivity index (χ1) is 25.7. The Hall–Kier alpha value is -5.42. The molecule has 6 heterocycles. The molecule has 12 nitrogen and oxygen atoms in total. The number of aromatic nitrogens is 5. The number of imide groups is 1. The average Bonchev–Trinajstić information content (AvgIpc) is 3.87. The molecule has 0 saturated carbocycles. The Morgan fingerprint density at radius 2 is 1.98 bits per heavy atom. The summed E-state index contributed by atoms with van der Waals surface area (Å²) in [5.74, 6) is 6.79. The van der Waals surface area contributed by atoms with Gasteiger partial charge in [0.25, 0.3) is 11.8 Å². The lowest BCUT2D eigenvalue weighted by atomic mass is 9.95. The molecule has 0 radical (unpaired) electrons. The molecule has 1 aliphatic carbocycles. The molecule has 4 aliphatic rings. The molecular weight excluding hydrogens is 712 g/mol. The highest BCUT2D eigenvalue weighted by Gasteiger charge is 2.45. The zero-order chi connectivity index (χ0) is 36.8. The molecule has 1 aromatic carbocycles. The Morgan fingerprint density at radius 1 is 1.11 bits per heavy atom. The second-order valence-electron chi connectivity index (χ2n) is 13.3. The lowest BCUT2D eigenvalue weighted by Crippen LogP contribution is -2.55. The molecule has 3 aromatic heterocycles. The number of unbranched alkanes of at least 4 members (excludes halogenated alkanes) is 1. The Kier molecular flexibility index (Phi) is 9.28. The number of alkyl halides is 1. The summed E-state index contributed by atoms with van der Waals surface area (Å²) in [6.45, 7) is 5.14. The first-order valence-electron chi connectivity index (χ1n) is 17.5. The number of nitrogens with one attached hydrogen (secondary N) is 1. The van der Waals surface area contributed by atoms with Crippen molar-refractivity contribution in [1.29, 1.82) is 0 Å². The fraction of sp³-hybridized carbons (Fsp3) is 0.308. The van der Waals surface area contributed by atoms with Gasteiger partial charge in [0, 0.05) is 18.3 Å². The first-order valence-corrected chi connectivity index (χ1v) is 18.8. The van der Waals surface area contributed by atoms with Gasteiger partial charge in [-0.25, -0.2) is 0 Å². The van der Waals surface area contributed by atoms with Crippen molar-refractivity contribution in [3.8, 4) is 16.8 Å². The van der Waals surface area contributed by atoms with E-state index >= 15 is 0 Å². The number of allylic oxidation sites excluding steroid dienone is 5. The van der Waals surface area contributed by atoms with Gasteiger partial charge in [-0.2, -0.15) is 5.10 Å². The fourth-order valence-electron chi connectivity index (χ4n) is 7.10. The number of hydrogen-bond acceptors (Lipinski definition) is 9. The van der Waals surface area contributed by atoms with Gasteiger partial charge in [0.2, 0.25) is 5.91 Å². The topological polar surface area (TPSA) is 148 Å². The van der Waals surface area contributed by atoms with Crippen LogP contribution in [0.15, 0.2) is 65.5 Å². The van der Waals surface area contributed by atoms with Gasteiger partial charge < -0.3 is 10.4 Å². The van der Waals surface area contributed by atoms with Crippen LogP contribution in [0.1, 0.15) is 91.6 Å². The highest BCUT2D eigenvalue weighted by molar-refractivity contribution is 7.15. The van der Waals surface area contributed by atoms with E-state index in [1.807, 2.05) is 42.1 Å². The SMILES string of the molecule is Cc1c(C#Cc2cnn(CCC/C=C/c3cccc4c3C(=O)N(C3CCC(O)NC3=O)C4=O)c2)sc2c1C(C1=CCC(Cl)C=C1)=NCc1nnc(C)n1-2. The van der Waals surface area contributed by atoms with E-state index in [0.29, 0.717) is 30.6 Å². The zero-order valence-corrected chi connectivity index (χ0v) is 30.6. The molecule has 1 saturated heterocycles. The number of piperidine rings is 1. The van der Waals surface area contributed by atoms with Crippen LogP contribution in [0.2, 0.25) is 0 Å². The summed E-state index contributed by atoms with van der Waals surface area (Å²) in [6.07, 6.45) is 15.5. The summed E-state index contributed by atoms with van der Waals surface area (Å²) in [5, 5.41) is 26.4. The molecular formula is C39H35ClN8O4S. The van der Waals surface area contributed by atoms with Gasteiger partial charge in [-0.3, -0.25) is 33.5 Å². The van der Waals surface area contributed by atoms with E-state index in [1.54, 1.807) is 35.7 Å². The van der Waals surface area contributed by atoms with Crippen LogP contribution in [-0.2, 0) is 17.9 Å². The third-order valence-electron chi connectivity index (χ3n) is 9.78. The van der Waals surface area contributed by atoms with E-state index < -0.39 is 30.0 Å². The zero-order valence-electron chi connectivity index (χ0n) is 29.0. The van der Waals surface area contributed by atoms with Crippen molar-refractivity contribution in [1.82, 2.24) is 34.8 Å². The van der Waals surface area contributed by atoms with Gasteiger partial charge in [-0.15, -0.1) is 33.1 Å². The van der Waals surface area contributed by atoms with Crippen LogP contribution >= 0.6 is 22.9 Å². The Bertz CT molecular complexity index is 2370. The number of nitrogens with zero attached hydrogens (tertiary/aromatic N) is 7. The summed E-state index contributed by atoms with van der Waals surface area (Å²) in [6, 6.07) is 4.20. The van der Waals surface area contributed by atoms with Crippen LogP contribution in [0, 0.1) is 25.7 Å². The summed E-state index contributed by atoms with van der Waals surface area (Å²) in [7, 11) is 0. The molecule has 3 atom stereocenters. The average molecular weight is 747 g/mol. The molecule has 0 bridgehead atoms. The molecule has 4 aromatic rings. The van der Waals surface area contributed by atoms with E-state index in [4.69, 9.17) is 16.6 Å². The van der Waals surface area contributed by atoms with Crippen LogP contribution in [-0.4, -0.2) is 75.6 Å². The van der Waals surface area contributed by atoms with Gasteiger partial charge in [0.15, 0.2) is 5.82 Å². The highest BCUT2D eigenvalue weighted by atomic mass is 35.5. The number of aliphatic hydroxyl groups is 1. The smallest absolute Gasteiger partial charge is 0.262 e. The number of benzene rings is 1. The number of carbonyl (C=O) groups is 3. The number of fused-ring (bicyclic) bond motifs is 4. The van der Waals surface area contributed by atoms with Crippen molar-refractivity contribution in [2.24, 2.45) is 4.99 Å². The van der Waals surface area contributed by atoms with Crippen molar-refractivity contribution in [2.75, 3.05) is 0 Å².